The Bertz CT molecular complexity index is 292. The van der Waals surface area contributed by atoms with Crippen molar-refractivity contribution in [1.82, 2.24) is 4.90 Å². The van der Waals surface area contributed by atoms with Gasteiger partial charge in [-0.3, -0.25) is 9.69 Å². The van der Waals surface area contributed by atoms with Crippen molar-refractivity contribution in [3.63, 3.8) is 0 Å². The zero-order valence-corrected chi connectivity index (χ0v) is 8.63. The van der Waals surface area contributed by atoms with Crippen molar-refractivity contribution in [2.75, 3.05) is 27.4 Å². The lowest BCUT2D eigenvalue weighted by atomic mass is 10.1. The van der Waals surface area contributed by atoms with E-state index in [-0.39, 0.29) is 24.6 Å². The Hall–Kier alpha value is -1.14. The summed E-state index contributed by atoms with van der Waals surface area (Å²) in [6, 6.07) is -0.539. The molecule has 1 amide bonds. The number of likely N-dealkylation sites (tertiary alicyclic amines) is 1. The molecule has 0 bridgehead atoms. The van der Waals surface area contributed by atoms with Gasteiger partial charge in [0.05, 0.1) is 13.7 Å². The Morgan fingerprint density at radius 3 is 2.87 bits per heavy atom. The van der Waals surface area contributed by atoms with E-state index in [2.05, 4.69) is 4.74 Å². The standard InChI is InChI=1S/C9H13NO5/c1-13-6-3-10(9(12)14-2)7-5(11)4-15-8(6)7/h6-8H,3-4H2,1-2H3. The molecule has 3 unspecified atom stereocenters. The summed E-state index contributed by atoms with van der Waals surface area (Å²) in [6.45, 7) is 0.382. The molecule has 6 heteroatoms. The lowest BCUT2D eigenvalue weighted by Crippen LogP contribution is -2.41. The monoisotopic (exact) mass is 215 g/mol. The van der Waals surface area contributed by atoms with Gasteiger partial charge in [0.1, 0.15) is 24.9 Å². The maximum atomic E-state index is 11.5. The third-order valence-corrected chi connectivity index (χ3v) is 2.85. The molecule has 2 aliphatic rings. The topological polar surface area (TPSA) is 65.1 Å². The highest BCUT2D eigenvalue weighted by Gasteiger charge is 2.53. The molecule has 2 rings (SSSR count). The van der Waals surface area contributed by atoms with Gasteiger partial charge in [0, 0.05) is 7.11 Å². The highest BCUT2D eigenvalue weighted by atomic mass is 16.6. The first-order valence-corrected chi connectivity index (χ1v) is 4.70. The van der Waals surface area contributed by atoms with Crippen molar-refractivity contribution in [3.8, 4) is 0 Å². The Kier molecular flexibility index (Phi) is 2.62. The van der Waals surface area contributed by atoms with Crippen molar-refractivity contribution in [2.45, 2.75) is 18.2 Å². The zero-order valence-electron chi connectivity index (χ0n) is 8.63. The maximum Gasteiger partial charge on any atom is 0.410 e. The number of fused-ring (bicyclic) bond motifs is 1. The number of methoxy groups -OCH3 is 2. The van der Waals surface area contributed by atoms with Gasteiger partial charge in [0.2, 0.25) is 0 Å². The van der Waals surface area contributed by atoms with E-state index >= 15 is 0 Å². The van der Waals surface area contributed by atoms with Crippen LogP contribution in [-0.4, -0.2) is 62.4 Å². The largest absolute Gasteiger partial charge is 0.453 e. The number of hydrogen-bond acceptors (Lipinski definition) is 5. The van der Waals surface area contributed by atoms with Gasteiger partial charge in [-0.05, 0) is 0 Å². The van der Waals surface area contributed by atoms with Crippen molar-refractivity contribution in [3.05, 3.63) is 0 Å². The van der Waals surface area contributed by atoms with E-state index in [0.29, 0.717) is 6.54 Å². The third kappa shape index (κ3) is 1.49. The Labute approximate surface area is 87.1 Å². The van der Waals surface area contributed by atoms with E-state index in [0.717, 1.165) is 0 Å². The van der Waals surface area contributed by atoms with Crippen LogP contribution in [0.4, 0.5) is 4.79 Å². The van der Waals surface area contributed by atoms with Crippen LogP contribution in [0, 0.1) is 0 Å². The molecule has 0 spiro atoms. The van der Waals surface area contributed by atoms with Gasteiger partial charge in [-0.1, -0.05) is 0 Å². The van der Waals surface area contributed by atoms with Gasteiger partial charge in [-0.15, -0.1) is 0 Å². The molecule has 2 saturated heterocycles. The van der Waals surface area contributed by atoms with E-state index in [4.69, 9.17) is 9.47 Å². The second-order valence-electron chi connectivity index (χ2n) is 3.58. The minimum atomic E-state index is -0.539. The van der Waals surface area contributed by atoms with Crippen LogP contribution in [0.15, 0.2) is 0 Å². The first kappa shape index (κ1) is 10.4. The molecule has 84 valence electrons. The summed E-state index contributed by atoms with van der Waals surface area (Å²) >= 11 is 0. The van der Waals surface area contributed by atoms with E-state index in [1.54, 1.807) is 0 Å². The van der Waals surface area contributed by atoms with Crippen LogP contribution in [0.25, 0.3) is 0 Å². The second kappa shape index (κ2) is 3.79. The molecule has 0 aromatic carbocycles. The van der Waals surface area contributed by atoms with Crippen molar-refractivity contribution in [1.29, 1.82) is 0 Å². The second-order valence-corrected chi connectivity index (χ2v) is 3.58. The first-order valence-electron chi connectivity index (χ1n) is 4.70. The average Bonchev–Trinajstić information content (AvgIpc) is 2.78. The number of nitrogens with zero attached hydrogens (tertiary/aromatic N) is 1. The molecule has 0 saturated carbocycles. The summed E-state index contributed by atoms with van der Waals surface area (Å²) in [7, 11) is 2.83. The van der Waals surface area contributed by atoms with Crippen LogP contribution in [0.5, 0.6) is 0 Å². The summed E-state index contributed by atoms with van der Waals surface area (Å²) in [5.74, 6) is -0.0926. The number of ketones is 1. The Morgan fingerprint density at radius 2 is 2.27 bits per heavy atom. The highest BCUT2D eigenvalue weighted by Crippen LogP contribution is 2.29. The normalized spacial score (nSPS) is 34.4. The summed E-state index contributed by atoms with van der Waals surface area (Å²) in [4.78, 5) is 24.3. The molecular formula is C9H13NO5. The number of carbonyl (C=O) groups excluding carboxylic acids is 2. The molecule has 0 radical (unpaired) electrons. The van der Waals surface area contributed by atoms with Crippen LogP contribution in [-0.2, 0) is 19.0 Å². The molecule has 0 aliphatic carbocycles. The highest BCUT2D eigenvalue weighted by molar-refractivity contribution is 5.91. The molecule has 2 fully saturated rings. The quantitative estimate of drug-likeness (QED) is 0.585. The SMILES string of the molecule is COC(=O)N1CC(OC)C2OCC(=O)C21. The van der Waals surface area contributed by atoms with E-state index < -0.39 is 12.1 Å². The van der Waals surface area contributed by atoms with Gasteiger partial charge in [0.25, 0.3) is 0 Å². The van der Waals surface area contributed by atoms with Crippen molar-refractivity contribution < 1.29 is 23.8 Å². The minimum absolute atomic E-state index is 0.0443. The van der Waals surface area contributed by atoms with Crippen LogP contribution in [0.3, 0.4) is 0 Å². The fourth-order valence-corrected chi connectivity index (χ4v) is 2.13. The van der Waals surface area contributed by atoms with E-state index in [1.165, 1.54) is 19.1 Å². The number of amides is 1. The maximum absolute atomic E-state index is 11.5. The van der Waals surface area contributed by atoms with Crippen LogP contribution >= 0.6 is 0 Å². The number of ether oxygens (including phenoxy) is 3. The predicted octanol–water partition coefficient (Wildman–Crippen LogP) is -0.580. The van der Waals surface area contributed by atoms with Gasteiger partial charge in [0.15, 0.2) is 5.78 Å². The predicted molar refractivity (Wildman–Crippen MR) is 48.4 cm³/mol. The molecule has 2 heterocycles. The smallest absolute Gasteiger partial charge is 0.410 e. The molecule has 0 aromatic rings. The molecule has 2 aliphatic heterocycles. The van der Waals surface area contributed by atoms with Crippen LogP contribution < -0.4 is 0 Å². The lowest BCUT2D eigenvalue weighted by molar-refractivity contribution is -0.121. The van der Waals surface area contributed by atoms with Gasteiger partial charge in [-0.2, -0.15) is 0 Å². The van der Waals surface area contributed by atoms with E-state index in [9.17, 15) is 9.59 Å². The van der Waals surface area contributed by atoms with Crippen LogP contribution in [0.2, 0.25) is 0 Å². The van der Waals surface area contributed by atoms with E-state index in [1.807, 2.05) is 0 Å². The first-order chi connectivity index (χ1) is 7.19. The lowest BCUT2D eigenvalue weighted by Gasteiger charge is -2.18. The van der Waals surface area contributed by atoms with Crippen molar-refractivity contribution >= 4 is 11.9 Å². The summed E-state index contributed by atoms with van der Waals surface area (Å²) in [6.07, 6.45) is -1.11. The number of carbonyl (C=O) groups is 2. The summed E-state index contributed by atoms with van der Waals surface area (Å²) in [5.41, 5.74) is 0. The Balaban J connectivity index is 2.20. The van der Waals surface area contributed by atoms with Crippen LogP contribution in [0.1, 0.15) is 0 Å². The fourth-order valence-electron chi connectivity index (χ4n) is 2.13. The molecule has 6 nitrogen and oxygen atoms in total. The molecule has 3 atom stereocenters. The third-order valence-electron chi connectivity index (χ3n) is 2.85. The van der Waals surface area contributed by atoms with Gasteiger partial charge >= 0.3 is 6.09 Å². The fraction of sp³-hybridized carbons (Fsp3) is 0.778. The average molecular weight is 215 g/mol. The minimum Gasteiger partial charge on any atom is -0.453 e. The molecule has 0 aromatic heterocycles. The number of rotatable bonds is 1. The Morgan fingerprint density at radius 1 is 1.53 bits per heavy atom. The van der Waals surface area contributed by atoms with Gasteiger partial charge in [-0.25, -0.2) is 4.79 Å². The summed E-state index contributed by atoms with van der Waals surface area (Å²) < 4.78 is 15.1. The number of hydrogen-bond donors (Lipinski definition) is 0. The molecule has 0 N–H and O–H groups in total. The molecular weight excluding hydrogens is 202 g/mol. The van der Waals surface area contributed by atoms with Crippen molar-refractivity contribution in [2.24, 2.45) is 0 Å². The molecule has 15 heavy (non-hydrogen) atoms. The number of Topliss-reactive ketones (excluding diaryl/α,β-unsaturated/α-hetero) is 1. The summed E-state index contributed by atoms with van der Waals surface area (Å²) in [5, 5.41) is 0. The van der Waals surface area contributed by atoms with Gasteiger partial charge < -0.3 is 14.2 Å². The zero-order chi connectivity index (χ0) is 11.0.